The average Bonchev–Trinajstić information content (AvgIpc) is 2.37. The summed E-state index contributed by atoms with van der Waals surface area (Å²) < 4.78 is 0. The van der Waals surface area contributed by atoms with Crippen LogP contribution >= 0.6 is 23.5 Å². The first-order valence-corrected chi connectivity index (χ1v) is 7.99. The van der Waals surface area contributed by atoms with Crippen LogP contribution in [0.15, 0.2) is 35.2 Å². The Bertz CT molecular complexity index is 412. The topological polar surface area (TPSA) is 66.4 Å². The van der Waals surface area contributed by atoms with Crippen LogP contribution in [0.3, 0.4) is 0 Å². The van der Waals surface area contributed by atoms with Crippen LogP contribution in [-0.4, -0.2) is 40.3 Å². The average molecular weight is 299 g/mol. The second kappa shape index (κ2) is 8.87. The van der Waals surface area contributed by atoms with Gasteiger partial charge in [-0.2, -0.15) is 11.8 Å². The molecule has 1 unspecified atom stereocenters. The van der Waals surface area contributed by atoms with Crippen molar-refractivity contribution in [3.8, 4) is 0 Å². The van der Waals surface area contributed by atoms with E-state index in [9.17, 15) is 9.59 Å². The van der Waals surface area contributed by atoms with Crippen molar-refractivity contribution in [1.82, 2.24) is 5.32 Å². The maximum Gasteiger partial charge on any atom is 0.327 e. The molecule has 0 bridgehead atoms. The Kier molecular flexibility index (Phi) is 7.43. The third-order valence-electron chi connectivity index (χ3n) is 2.20. The highest BCUT2D eigenvalue weighted by atomic mass is 32.2. The zero-order chi connectivity index (χ0) is 14.1. The fourth-order valence-electron chi connectivity index (χ4n) is 1.36. The van der Waals surface area contributed by atoms with E-state index < -0.39 is 12.0 Å². The summed E-state index contributed by atoms with van der Waals surface area (Å²) >= 11 is 3.27. The van der Waals surface area contributed by atoms with Crippen molar-refractivity contribution < 1.29 is 14.7 Å². The molecule has 4 nitrogen and oxygen atoms in total. The number of carboxylic acids is 1. The molecule has 1 atom stereocenters. The van der Waals surface area contributed by atoms with E-state index >= 15 is 0 Å². The van der Waals surface area contributed by atoms with Gasteiger partial charge in [0.25, 0.3) is 0 Å². The van der Waals surface area contributed by atoms with Crippen molar-refractivity contribution in [3.05, 3.63) is 30.3 Å². The largest absolute Gasteiger partial charge is 0.480 e. The van der Waals surface area contributed by atoms with Crippen molar-refractivity contribution in [1.29, 1.82) is 0 Å². The van der Waals surface area contributed by atoms with E-state index in [1.165, 1.54) is 23.6 Å². The molecule has 1 aromatic rings. The van der Waals surface area contributed by atoms with Gasteiger partial charge >= 0.3 is 5.97 Å². The molecule has 1 rings (SSSR count). The molecule has 0 aliphatic carbocycles. The first kappa shape index (κ1) is 15.9. The van der Waals surface area contributed by atoms with Gasteiger partial charge in [0.15, 0.2) is 0 Å². The van der Waals surface area contributed by atoms with E-state index in [-0.39, 0.29) is 5.91 Å². The molecule has 0 aromatic heterocycles. The molecule has 0 radical (unpaired) electrons. The van der Waals surface area contributed by atoms with Crippen molar-refractivity contribution in [2.24, 2.45) is 0 Å². The maximum absolute atomic E-state index is 10.9. The monoisotopic (exact) mass is 299 g/mol. The molecule has 19 heavy (non-hydrogen) atoms. The number of thioether (sulfide) groups is 2. The fourth-order valence-corrected chi connectivity index (χ4v) is 3.37. The maximum atomic E-state index is 10.9. The van der Waals surface area contributed by atoms with E-state index in [2.05, 4.69) is 5.32 Å². The molecule has 1 aromatic carbocycles. The Balaban J connectivity index is 2.18. The standard InChI is InChI=1S/C13H17NO3S2/c1-10(15)14-12(13(16)17)9-18-7-8-19-11-5-3-2-4-6-11/h2-6,12H,7-9H2,1H3,(H,14,15)(H,16,17). The Morgan fingerprint density at radius 1 is 1.26 bits per heavy atom. The summed E-state index contributed by atoms with van der Waals surface area (Å²) in [6.45, 7) is 1.33. The van der Waals surface area contributed by atoms with Crippen LogP contribution < -0.4 is 5.32 Å². The lowest BCUT2D eigenvalue weighted by molar-refractivity contribution is -0.140. The Morgan fingerprint density at radius 2 is 1.95 bits per heavy atom. The summed E-state index contributed by atoms with van der Waals surface area (Å²) in [7, 11) is 0. The van der Waals surface area contributed by atoms with Gasteiger partial charge in [0, 0.05) is 29.1 Å². The predicted octanol–water partition coefficient (Wildman–Crippen LogP) is 2.10. The van der Waals surface area contributed by atoms with Crippen LogP contribution in [0.25, 0.3) is 0 Å². The van der Waals surface area contributed by atoms with E-state index in [0.717, 1.165) is 11.5 Å². The number of benzene rings is 1. The summed E-state index contributed by atoms with van der Waals surface area (Å²) in [5.41, 5.74) is 0. The number of hydrogen-bond acceptors (Lipinski definition) is 4. The number of nitrogens with one attached hydrogen (secondary N) is 1. The SMILES string of the molecule is CC(=O)NC(CSCCSc1ccccc1)C(=O)O. The van der Waals surface area contributed by atoms with E-state index in [0.29, 0.717) is 5.75 Å². The Morgan fingerprint density at radius 3 is 2.53 bits per heavy atom. The van der Waals surface area contributed by atoms with Gasteiger partial charge < -0.3 is 10.4 Å². The van der Waals surface area contributed by atoms with Crippen LogP contribution in [0.4, 0.5) is 0 Å². The summed E-state index contributed by atoms with van der Waals surface area (Å²) in [4.78, 5) is 22.9. The normalized spacial score (nSPS) is 11.8. The summed E-state index contributed by atoms with van der Waals surface area (Å²) in [6.07, 6.45) is 0. The number of carbonyl (C=O) groups is 2. The number of hydrogen-bond donors (Lipinski definition) is 2. The van der Waals surface area contributed by atoms with Crippen LogP contribution in [0.1, 0.15) is 6.92 Å². The minimum absolute atomic E-state index is 0.313. The third kappa shape index (κ3) is 7.12. The minimum Gasteiger partial charge on any atom is -0.480 e. The first-order valence-electron chi connectivity index (χ1n) is 5.85. The van der Waals surface area contributed by atoms with Gasteiger partial charge in [-0.1, -0.05) is 18.2 Å². The number of carbonyl (C=O) groups excluding carboxylic acids is 1. The molecule has 1 amide bonds. The number of aliphatic carboxylic acids is 1. The lowest BCUT2D eigenvalue weighted by atomic mass is 10.3. The van der Waals surface area contributed by atoms with E-state index in [4.69, 9.17) is 5.11 Å². The second-order valence-electron chi connectivity index (χ2n) is 3.83. The lowest BCUT2D eigenvalue weighted by Gasteiger charge is -2.12. The van der Waals surface area contributed by atoms with Crippen LogP contribution in [0.2, 0.25) is 0 Å². The highest BCUT2D eigenvalue weighted by Gasteiger charge is 2.17. The van der Waals surface area contributed by atoms with Crippen LogP contribution in [-0.2, 0) is 9.59 Å². The molecule has 6 heteroatoms. The Labute approximate surface area is 121 Å². The summed E-state index contributed by atoms with van der Waals surface area (Å²) in [5, 5.41) is 11.3. The quantitative estimate of drug-likeness (QED) is 0.568. The number of rotatable bonds is 8. The molecular weight excluding hydrogens is 282 g/mol. The predicted molar refractivity (Wildman–Crippen MR) is 79.7 cm³/mol. The van der Waals surface area contributed by atoms with Crippen molar-refractivity contribution in [2.75, 3.05) is 17.3 Å². The highest BCUT2D eigenvalue weighted by Crippen LogP contribution is 2.18. The van der Waals surface area contributed by atoms with Gasteiger partial charge in [0.05, 0.1) is 0 Å². The molecule has 0 spiro atoms. The highest BCUT2D eigenvalue weighted by molar-refractivity contribution is 8.03. The van der Waals surface area contributed by atoms with E-state index in [1.807, 2.05) is 30.3 Å². The summed E-state index contributed by atoms with van der Waals surface area (Å²) in [5.74, 6) is 0.860. The molecule has 0 aliphatic rings. The zero-order valence-corrected chi connectivity index (χ0v) is 12.3. The molecule has 0 heterocycles. The Hall–Kier alpha value is -1.14. The smallest absolute Gasteiger partial charge is 0.327 e. The molecule has 0 aliphatic heterocycles. The molecule has 0 fully saturated rings. The van der Waals surface area contributed by atoms with Gasteiger partial charge in [0.1, 0.15) is 6.04 Å². The molecule has 104 valence electrons. The number of carboxylic acid groups (broad SMARTS) is 1. The second-order valence-corrected chi connectivity index (χ2v) is 6.15. The first-order chi connectivity index (χ1) is 9.09. The van der Waals surface area contributed by atoms with Crippen molar-refractivity contribution in [2.45, 2.75) is 17.9 Å². The molecule has 2 N–H and O–H groups in total. The fraction of sp³-hybridized carbons (Fsp3) is 0.385. The van der Waals surface area contributed by atoms with Crippen molar-refractivity contribution in [3.63, 3.8) is 0 Å². The summed E-state index contributed by atoms with van der Waals surface area (Å²) in [6, 6.07) is 9.26. The molecular formula is C13H17NO3S2. The molecule has 0 saturated heterocycles. The van der Waals surface area contributed by atoms with Crippen molar-refractivity contribution >= 4 is 35.4 Å². The van der Waals surface area contributed by atoms with Gasteiger partial charge in [-0.25, -0.2) is 4.79 Å². The van der Waals surface area contributed by atoms with Gasteiger partial charge in [-0.15, -0.1) is 11.8 Å². The van der Waals surface area contributed by atoms with Gasteiger partial charge in [0.2, 0.25) is 5.91 Å². The van der Waals surface area contributed by atoms with Gasteiger partial charge in [-0.3, -0.25) is 4.79 Å². The lowest BCUT2D eigenvalue weighted by Crippen LogP contribution is -2.41. The molecule has 0 saturated carbocycles. The van der Waals surface area contributed by atoms with Crippen LogP contribution in [0, 0.1) is 0 Å². The third-order valence-corrected chi connectivity index (χ3v) is 4.53. The minimum atomic E-state index is -0.988. The number of amides is 1. The zero-order valence-electron chi connectivity index (χ0n) is 10.7. The van der Waals surface area contributed by atoms with Gasteiger partial charge in [-0.05, 0) is 12.1 Å². The van der Waals surface area contributed by atoms with Crippen LogP contribution in [0.5, 0.6) is 0 Å². The van der Waals surface area contributed by atoms with E-state index in [1.54, 1.807) is 11.8 Å².